The lowest BCUT2D eigenvalue weighted by Crippen LogP contribution is -2.45. The van der Waals surface area contributed by atoms with Crippen molar-refractivity contribution >= 4 is 23.2 Å². The predicted molar refractivity (Wildman–Crippen MR) is 74.1 cm³/mol. The normalized spacial score (nSPS) is 18.5. The molecule has 0 spiro atoms. The molecule has 0 radical (unpaired) electrons. The van der Waals surface area contributed by atoms with E-state index in [2.05, 4.69) is 11.4 Å². The second kappa shape index (κ2) is 4.34. The van der Waals surface area contributed by atoms with Gasteiger partial charge in [-0.3, -0.25) is 9.59 Å². The van der Waals surface area contributed by atoms with Crippen LogP contribution in [0.25, 0.3) is 0 Å². The number of hydrogen-bond acceptors (Lipinski definition) is 3. The number of nitriles is 1. The summed E-state index contributed by atoms with van der Waals surface area (Å²) in [6, 6.07) is 7.61. The van der Waals surface area contributed by atoms with Crippen LogP contribution in [0.5, 0.6) is 0 Å². The maximum Gasteiger partial charge on any atom is 0.247 e. The van der Waals surface area contributed by atoms with Crippen LogP contribution >= 0.6 is 0 Å². The van der Waals surface area contributed by atoms with Gasteiger partial charge in [0.1, 0.15) is 5.41 Å². The molecule has 2 aliphatic rings. The Kier molecular flexibility index (Phi) is 2.75. The van der Waals surface area contributed by atoms with Gasteiger partial charge in [0.05, 0.1) is 12.5 Å². The zero-order chi connectivity index (χ0) is 14.3. The fraction of sp³-hybridized carbons (Fsp3) is 0.400. The van der Waals surface area contributed by atoms with Gasteiger partial charge in [-0.2, -0.15) is 5.26 Å². The Morgan fingerprint density at radius 2 is 2.20 bits per heavy atom. The largest absolute Gasteiger partial charge is 0.326 e. The molecule has 0 bridgehead atoms. The Morgan fingerprint density at radius 1 is 1.45 bits per heavy atom. The molecule has 1 saturated carbocycles. The molecule has 1 aromatic rings. The van der Waals surface area contributed by atoms with E-state index >= 15 is 0 Å². The highest BCUT2D eigenvalue weighted by atomic mass is 16.2. The SMILES string of the molecule is CN(C(=O)C1(C#N)CCC1)c1ccc2c(c1)CC(=O)N2. The van der Waals surface area contributed by atoms with Gasteiger partial charge in [-0.15, -0.1) is 0 Å². The standard InChI is InChI=1S/C15H15N3O2/c1-18(14(20)15(9-16)5-2-6-15)11-3-4-12-10(7-11)8-13(19)17-12/h3-4,7H,2,5-6,8H2,1H3,(H,17,19). The first kappa shape index (κ1) is 12.7. The lowest BCUT2D eigenvalue weighted by Gasteiger charge is -2.36. The van der Waals surface area contributed by atoms with Crippen LogP contribution < -0.4 is 10.2 Å². The van der Waals surface area contributed by atoms with Gasteiger partial charge in [-0.1, -0.05) is 0 Å². The summed E-state index contributed by atoms with van der Waals surface area (Å²) in [5.74, 6) is -0.179. The number of carbonyl (C=O) groups is 2. The minimum Gasteiger partial charge on any atom is -0.326 e. The third-order valence-electron chi connectivity index (χ3n) is 4.24. The van der Waals surface area contributed by atoms with Gasteiger partial charge in [0, 0.05) is 18.4 Å². The molecule has 1 aromatic carbocycles. The first-order chi connectivity index (χ1) is 9.55. The molecule has 1 N–H and O–H groups in total. The van der Waals surface area contributed by atoms with E-state index in [-0.39, 0.29) is 11.8 Å². The number of nitrogens with one attached hydrogen (secondary N) is 1. The Hall–Kier alpha value is -2.35. The summed E-state index contributed by atoms with van der Waals surface area (Å²) in [6.45, 7) is 0. The zero-order valence-electron chi connectivity index (χ0n) is 11.3. The minimum atomic E-state index is -0.845. The molecule has 20 heavy (non-hydrogen) atoms. The molecule has 1 fully saturated rings. The van der Waals surface area contributed by atoms with Crippen molar-refractivity contribution in [2.75, 3.05) is 17.3 Å². The molecule has 5 nitrogen and oxygen atoms in total. The van der Waals surface area contributed by atoms with Crippen LogP contribution in [0.3, 0.4) is 0 Å². The van der Waals surface area contributed by atoms with E-state index < -0.39 is 5.41 Å². The molecule has 0 unspecified atom stereocenters. The number of carbonyl (C=O) groups excluding carboxylic acids is 2. The fourth-order valence-corrected chi connectivity index (χ4v) is 2.77. The van der Waals surface area contributed by atoms with Crippen LogP contribution in [0.2, 0.25) is 0 Å². The number of fused-ring (bicyclic) bond motifs is 1. The molecule has 102 valence electrons. The maximum absolute atomic E-state index is 12.5. The first-order valence-corrected chi connectivity index (χ1v) is 6.68. The molecular weight excluding hydrogens is 254 g/mol. The van der Waals surface area contributed by atoms with Gasteiger partial charge < -0.3 is 10.2 Å². The summed E-state index contributed by atoms with van der Waals surface area (Å²) in [5.41, 5.74) is 1.58. The van der Waals surface area contributed by atoms with E-state index in [4.69, 9.17) is 0 Å². The molecule has 1 aliphatic heterocycles. The summed E-state index contributed by atoms with van der Waals surface area (Å²) in [6.07, 6.45) is 2.54. The van der Waals surface area contributed by atoms with Crippen LogP contribution in [-0.4, -0.2) is 18.9 Å². The zero-order valence-corrected chi connectivity index (χ0v) is 11.3. The van der Waals surface area contributed by atoms with E-state index in [9.17, 15) is 14.9 Å². The molecule has 2 amide bonds. The lowest BCUT2D eigenvalue weighted by molar-refractivity contribution is -0.128. The summed E-state index contributed by atoms with van der Waals surface area (Å²) < 4.78 is 0. The second-order valence-electron chi connectivity index (χ2n) is 5.48. The highest BCUT2D eigenvalue weighted by Crippen LogP contribution is 2.42. The Labute approximate surface area is 117 Å². The monoisotopic (exact) mass is 269 g/mol. The van der Waals surface area contributed by atoms with Gasteiger partial charge in [0.25, 0.3) is 0 Å². The highest BCUT2D eigenvalue weighted by molar-refractivity contribution is 6.02. The molecular formula is C15H15N3O2. The van der Waals surface area contributed by atoms with Crippen molar-refractivity contribution in [1.82, 2.24) is 0 Å². The minimum absolute atomic E-state index is 0.0291. The van der Waals surface area contributed by atoms with Crippen molar-refractivity contribution < 1.29 is 9.59 Å². The van der Waals surface area contributed by atoms with Crippen molar-refractivity contribution in [2.24, 2.45) is 5.41 Å². The molecule has 0 atom stereocenters. The third-order valence-corrected chi connectivity index (χ3v) is 4.24. The van der Waals surface area contributed by atoms with E-state index in [1.54, 1.807) is 19.2 Å². The van der Waals surface area contributed by atoms with Crippen molar-refractivity contribution in [2.45, 2.75) is 25.7 Å². The number of hydrogen-bond donors (Lipinski definition) is 1. The molecule has 0 saturated heterocycles. The van der Waals surface area contributed by atoms with Crippen LogP contribution in [0.15, 0.2) is 18.2 Å². The van der Waals surface area contributed by atoms with E-state index in [0.717, 1.165) is 23.4 Å². The van der Waals surface area contributed by atoms with Crippen molar-refractivity contribution in [3.05, 3.63) is 23.8 Å². The first-order valence-electron chi connectivity index (χ1n) is 6.68. The van der Waals surface area contributed by atoms with Crippen molar-refractivity contribution in [3.63, 3.8) is 0 Å². The number of nitrogens with zero attached hydrogens (tertiary/aromatic N) is 2. The van der Waals surface area contributed by atoms with Crippen LogP contribution in [0, 0.1) is 16.7 Å². The second-order valence-corrected chi connectivity index (χ2v) is 5.48. The summed E-state index contributed by atoms with van der Waals surface area (Å²) >= 11 is 0. The average Bonchev–Trinajstić information content (AvgIpc) is 2.76. The van der Waals surface area contributed by atoms with E-state index in [1.165, 1.54) is 4.90 Å². The number of anilines is 2. The van der Waals surface area contributed by atoms with Crippen molar-refractivity contribution in [3.8, 4) is 6.07 Å². The topological polar surface area (TPSA) is 73.2 Å². The van der Waals surface area contributed by atoms with Gasteiger partial charge in [0.15, 0.2) is 0 Å². The van der Waals surface area contributed by atoms with E-state index in [1.807, 2.05) is 6.07 Å². The van der Waals surface area contributed by atoms with Crippen LogP contribution in [0.1, 0.15) is 24.8 Å². The van der Waals surface area contributed by atoms with Gasteiger partial charge in [0.2, 0.25) is 11.8 Å². The molecule has 1 heterocycles. The Bertz CT molecular complexity index is 641. The molecule has 5 heteroatoms. The lowest BCUT2D eigenvalue weighted by atomic mass is 9.69. The van der Waals surface area contributed by atoms with Gasteiger partial charge >= 0.3 is 0 Å². The Morgan fingerprint density at radius 3 is 2.80 bits per heavy atom. The fourth-order valence-electron chi connectivity index (χ4n) is 2.77. The van der Waals surface area contributed by atoms with Gasteiger partial charge in [-0.25, -0.2) is 0 Å². The number of rotatable bonds is 2. The van der Waals surface area contributed by atoms with E-state index in [0.29, 0.717) is 19.3 Å². The van der Waals surface area contributed by atoms with Gasteiger partial charge in [-0.05, 0) is 43.0 Å². The Balaban J connectivity index is 1.87. The number of benzene rings is 1. The quantitative estimate of drug-likeness (QED) is 0.890. The summed E-state index contributed by atoms with van der Waals surface area (Å²) in [7, 11) is 1.69. The predicted octanol–water partition coefficient (Wildman–Crippen LogP) is 1.84. The van der Waals surface area contributed by atoms with Crippen molar-refractivity contribution in [1.29, 1.82) is 5.26 Å². The summed E-state index contributed by atoms with van der Waals surface area (Å²) in [4.78, 5) is 25.3. The highest BCUT2D eigenvalue weighted by Gasteiger charge is 2.46. The number of amides is 2. The third kappa shape index (κ3) is 1.76. The van der Waals surface area contributed by atoms with Crippen LogP contribution in [-0.2, 0) is 16.0 Å². The van der Waals surface area contributed by atoms with Crippen LogP contribution in [0.4, 0.5) is 11.4 Å². The molecule has 0 aromatic heterocycles. The maximum atomic E-state index is 12.5. The summed E-state index contributed by atoms with van der Waals surface area (Å²) in [5, 5.41) is 12.0. The average molecular weight is 269 g/mol. The molecule has 1 aliphatic carbocycles. The molecule has 3 rings (SSSR count). The smallest absolute Gasteiger partial charge is 0.247 e.